The summed E-state index contributed by atoms with van der Waals surface area (Å²) in [6, 6.07) is 0.253. The van der Waals surface area contributed by atoms with Gasteiger partial charge >= 0.3 is 5.97 Å². The molecule has 7 nitrogen and oxygen atoms in total. The third-order valence-electron chi connectivity index (χ3n) is 2.77. The molecule has 0 fully saturated rings. The second-order valence-corrected chi connectivity index (χ2v) is 4.47. The van der Waals surface area contributed by atoms with Gasteiger partial charge in [-0.2, -0.15) is 10.2 Å². The van der Waals surface area contributed by atoms with E-state index in [-0.39, 0.29) is 18.2 Å². The maximum absolute atomic E-state index is 11.0. The number of ether oxygens (including phenoxy) is 1. The molecule has 102 valence electrons. The minimum atomic E-state index is -1.01. The van der Waals surface area contributed by atoms with E-state index >= 15 is 0 Å². The van der Waals surface area contributed by atoms with Crippen molar-refractivity contribution in [2.24, 2.45) is 7.05 Å². The average molecular weight is 264 g/mol. The number of nitrogens with zero attached hydrogens (tertiary/aromatic N) is 4. The van der Waals surface area contributed by atoms with Gasteiger partial charge in [-0.05, 0) is 13.8 Å². The summed E-state index contributed by atoms with van der Waals surface area (Å²) in [7, 11) is 1.68. The zero-order chi connectivity index (χ0) is 14.0. The monoisotopic (exact) mass is 264 g/mol. The Labute approximate surface area is 110 Å². The molecular formula is C12H16N4O3. The van der Waals surface area contributed by atoms with Gasteiger partial charge in [-0.15, -0.1) is 0 Å². The van der Waals surface area contributed by atoms with Crippen LogP contribution < -0.4 is 4.74 Å². The Kier molecular flexibility index (Phi) is 3.55. The van der Waals surface area contributed by atoms with E-state index in [0.29, 0.717) is 11.4 Å². The molecule has 0 spiro atoms. The molecule has 0 unspecified atom stereocenters. The first-order valence-corrected chi connectivity index (χ1v) is 5.90. The van der Waals surface area contributed by atoms with Gasteiger partial charge in [0.1, 0.15) is 12.2 Å². The van der Waals surface area contributed by atoms with E-state index in [1.165, 1.54) is 10.9 Å². The number of rotatable bonds is 5. The third-order valence-corrected chi connectivity index (χ3v) is 2.77. The molecular weight excluding hydrogens is 248 g/mol. The Morgan fingerprint density at radius 1 is 1.42 bits per heavy atom. The third kappa shape index (κ3) is 2.75. The average Bonchev–Trinajstić information content (AvgIpc) is 2.93. The Balaban J connectivity index is 2.09. The summed E-state index contributed by atoms with van der Waals surface area (Å²) in [5.74, 6) is -0.407. The van der Waals surface area contributed by atoms with Crippen LogP contribution in [0, 0.1) is 0 Å². The molecule has 1 N–H and O–H groups in total. The molecule has 2 rings (SSSR count). The van der Waals surface area contributed by atoms with Crippen molar-refractivity contribution in [1.29, 1.82) is 0 Å². The van der Waals surface area contributed by atoms with Crippen LogP contribution in [0.2, 0.25) is 0 Å². The second-order valence-electron chi connectivity index (χ2n) is 4.47. The number of carboxylic acids is 1. The lowest BCUT2D eigenvalue weighted by Crippen LogP contribution is -2.08. The van der Waals surface area contributed by atoms with Crippen LogP contribution in [-0.4, -0.2) is 30.6 Å². The van der Waals surface area contributed by atoms with Crippen molar-refractivity contribution >= 4 is 5.97 Å². The van der Waals surface area contributed by atoms with E-state index in [0.717, 1.165) is 0 Å². The van der Waals surface area contributed by atoms with Crippen molar-refractivity contribution < 1.29 is 14.6 Å². The molecule has 19 heavy (non-hydrogen) atoms. The maximum Gasteiger partial charge on any atom is 0.339 e. The normalized spacial score (nSPS) is 10.9. The lowest BCUT2D eigenvalue weighted by molar-refractivity contribution is 0.0693. The molecule has 0 radical (unpaired) electrons. The standard InChI is InChI=1S/C12H16N4O3/c1-8(2)16-6-9(4-14-16)19-7-11-10(12(17)18)5-13-15(11)3/h4-6,8H,7H2,1-3H3,(H,17,18). The van der Waals surface area contributed by atoms with Crippen LogP contribution in [0.25, 0.3) is 0 Å². The molecule has 2 aromatic rings. The first kappa shape index (κ1) is 13.1. The van der Waals surface area contributed by atoms with Crippen LogP contribution in [0.1, 0.15) is 35.9 Å². The SMILES string of the molecule is CC(C)n1cc(OCc2c(C(=O)O)cnn2C)cn1. The largest absolute Gasteiger partial charge is 0.484 e. The van der Waals surface area contributed by atoms with Gasteiger partial charge in [0.25, 0.3) is 0 Å². The first-order chi connectivity index (χ1) is 8.99. The van der Waals surface area contributed by atoms with Crippen molar-refractivity contribution in [2.45, 2.75) is 26.5 Å². The van der Waals surface area contributed by atoms with Crippen molar-refractivity contribution in [2.75, 3.05) is 0 Å². The number of carboxylic acid groups (broad SMARTS) is 1. The lowest BCUT2D eigenvalue weighted by Gasteiger charge is -2.06. The predicted molar refractivity (Wildman–Crippen MR) is 67.1 cm³/mol. The van der Waals surface area contributed by atoms with Crippen molar-refractivity contribution in [3.8, 4) is 5.75 Å². The van der Waals surface area contributed by atoms with E-state index in [1.807, 2.05) is 13.8 Å². The first-order valence-electron chi connectivity index (χ1n) is 5.90. The van der Waals surface area contributed by atoms with E-state index < -0.39 is 5.97 Å². The van der Waals surface area contributed by atoms with Crippen molar-refractivity contribution in [3.05, 3.63) is 29.8 Å². The highest BCUT2D eigenvalue weighted by Gasteiger charge is 2.15. The zero-order valence-corrected chi connectivity index (χ0v) is 11.1. The predicted octanol–water partition coefficient (Wildman–Crippen LogP) is 1.47. The molecule has 0 atom stereocenters. The summed E-state index contributed by atoms with van der Waals surface area (Å²) in [6.45, 7) is 4.17. The van der Waals surface area contributed by atoms with Gasteiger partial charge in [0, 0.05) is 13.1 Å². The summed E-state index contributed by atoms with van der Waals surface area (Å²) >= 11 is 0. The molecule has 0 bridgehead atoms. The topological polar surface area (TPSA) is 82.2 Å². The number of aryl methyl sites for hydroxylation is 1. The van der Waals surface area contributed by atoms with E-state index in [1.54, 1.807) is 24.1 Å². The van der Waals surface area contributed by atoms with Gasteiger partial charge in [0.2, 0.25) is 0 Å². The fourth-order valence-corrected chi connectivity index (χ4v) is 1.64. The summed E-state index contributed by atoms with van der Waals surface area (Å²) in [5, 5.41) is 17.1. The Morgan fingerprint density at radius 3 is 2.74 bits per heavy atom. The summed E-state index contributed by atoms with van der Waals surface area (Å²) in [6.07, 6.45) is 4.71. The van der Waals surface area contributed by atoms with Gasteiger partial charge in [0.05, 0.1) is 24.3 Å². The molecule has 0 aliphatic rings. The quantitative estimate of drug-likeness (QED) is 0.884. The zero-order valence-electron chi connectivity index (χ0n) is 11.1. The highest BCUT2D eigenvalue weighted by molar-refractivity contribution is 5.88. The van der Waals surface area contributed by atoms with Crippen LogP contribution in [0.5, 0.6) is 5.75 Å². The number of aromatic nitrogens is 4. The van der Waals surface area contributed by atoms with E-state index in [9.17, 15) is 4.79 Å². The van der Waals surface area contributed by atoms with Gasteiger partial charge < -0.3 is 9.84 Å². The molecule has 0 amide bonds. The minimum absolute atomic E-state index is 0.141. The Hall–Kier alpha value is -2.31. The van der Waals surface area contributed by atoms with Crippen LogP contribution in [0.4, 0.5) is 0 Å². The number of hydrogen-bond donors (Lipinski definition) is 1. The van der Waals surface area contributed by atoms with Gasteiger partial charge in [0.15, 0.2) is 5.75 Å². The number of carbonyl (C=O) groups is 1. The highest BCUT2D eigenvalue weighted by atomic mass is 16.5. The molecule has 0 aliphatic carbocycles. The van der Waals surface area contributed by atoms with Crippen LogP contribution >= 0.6 is 0 Å². The van der Waals surface area contributed by atoms with E-state index in [2.05, 4.69) is 10.2 Å². The maximum atomic E-state index is 11.0. The van der Waals surface area contributed by atoms with Crippen molar-refractivity contribution in [1.82, 2.24) is 19.6 Å². The molecule has 2 heterocycles. The molecule has 0 saturated carbocycles. The summed E-state index contributed by atoms with van der Waals surface area (Å²) < 4.78 is 8.82. The molecule has 2 aromatic heterocycles. The highest BCUT2D eigenvalue weighted by Crippen LogP contribution is 2.16. The van der Waals surface area contributed by atoms with Crippen LogP contribution in [0.15, 0.2) is 18.6 Å². The van der Waals surface area contributed by atoms with Gasteiger partial charge in [-0.3, -0.25) is 9.36 Å². The minimum Gasteiger partial charge on any atom is -0.484 e. The van der Waals surface area contributed by atoms with Gasteiger partial charge in [-0.25, -0.2) is 4.79 Å². The number of hydrogen-bond acceptors (Lipinski definition) is 4. The fraction of sp³-hybridized carbons (Fsp3) is 0.417. The fourth-order valence-electron chi connectivity index (χ4n) is 1.64. The van der Waals surface area contributed by atoms with Crippen molar-refractivity contribution in [3.63, 3.8) is 0 Å². The lowest BCUT2D eigenvalue weighted by atomic mass is 10.2. The van der Waals surface area contributed by atoms with E-state index in [4.69, 9.17) is 9.84 Å². The van der Waals surface area contributed by atoms with Crippen LogP contribution in [0.3, 0.4) is 0 Å². The van der Waals surface area contributed by atoms with Crippen LogP contribution in [-0.2, 0) is 13.7 Å². The molecule has 0 aromatic carbocycles. The summed E-state index contributed by atoms with van der Waals surface area (Å²) in [5.41, 5.74) is 0.670. The summed E-state index contributed by atoms with van der Waals surface area (Å²) in [4.78, 5) is 11.0. The molecule has 7 heteroatoms. The number of aromatic carboxylic acids is 1. The van der Waals surface area contributed by atoms with Gasteiger partial charge in [-0.1, -0.05) is 0 Å². The second kappa shape index (κ2) is 5.13. The molecule has 0 saturated heterocycles. The molecule has 0 aliphatic heterocycles. The smallest absolute Gasteiger partial charge is 0.339 e. The Bertz CT molecular complexity index is 586. The Morgan fingerprint density at radius 2 is 2.16 bits per heavy atom.